The van der Waals surface area contributed by atoms with Crippen LogP contribution >= 0.6 is 22.9 Å². The second-order valence-corrected chi connectivity index (χ2v) is 7.03. The quantitative estimate of drug-likeness (QED) is 0.517. The van der Waals surface area contributed by atoms with E-state index in [4.69, 9.17) is 11.6 Å². The molecule has 1 heterocycles. The molecule has 3 aromatic rings. The molecule has 9 heteroatoms. The summed E-state index contributed by atoms with van der Waals surface area (Å²) in [5, 5.41) is 10.2. The molecule has 0 atom stereocenters. The standard InChI is InChI=1S/C19H16ClFN4O2S/c20-15-10-13(6-8-16(15)21)22-17(26)9-7-14-11-28-19(24-14)25-18(27)23-12-4-2-1-3-5-12/h1-6,8,10-11H,7,9H2,(H,22,26)(H2,23,24,25,27). The van der Waals surface area contributed by atoms with Gasteiger partial charge in [0, 0.05) is 23.2 Å². The minimum atomic E-state index is -0.543. The number of hydrogen-bond acceptors (Lipinski definition) is 4. The minimum Gasteiger partial charge on any atom is -0.326 e. The fraction of sp³-hybridized carbons (Fsp3) is 0.105. The normalized spacial score (nSPS) is 10.4. The molecule has 28 heavy (non-hydrogen) atoms. The molecule has 3 N–H and O–H groups in total. The van der Waals surface area contributed by atoms with Crippen LogP contribution in [0.1, 0.15) is 12.1 Å². The number of aryl methyl sites for hydroxylation is 1. The molecular weight excluding hydrogens is 403 g/mol. The van der Waals surface area contributed by atoms with Crippen LogP contribution in [0.25, 0.3) is 0 Å². The number of nitrogens with one attached hydrogen (secondary N) is 3. The topological polar surface area (TPSA) is 83.1 Å². The average Bonchev–Trinajstić information content (AvgIpc) is 3.11. The number of benzene rings is 2. The van der Waals surface area contributed by atoms with Crippen LogP contribution < -0.4 is 16.0 Å². The van der Waals surface area contributed by atoms with Gasteiger partial charge in [0.1, 0.15) is 5.82 Å². The lowest BCUT2D eigenvalue weighted by atomic mass is 10.2. The summed E-state index contributed by atoms with van der Waals surface area (Å²) in [6.07, 6.45) is 0.591. The highest BCUT2D eigenvalue weighted by molar-refractivity contribution is 7.13. The number of halogens is 2. The summed E-state index contributed by atoms with van der Waals surface area (Å²) in [5.74, 6) is -0.787. The highest BCUT2D eigenvalue weighted by Gasteiger charge is 2.10. The molecule has 0 radical (unpaired) electrons. The van der Waals surface area contributed by atoms with Crippen molar-refractivity contribution in [3.8, 4) is 0 Å². The Balaban J connectivity index is 1.46. The molecule has 0 fully saturated rings. The maximum absolute atomic E-state index is 13.1. The highest BCUT2D eigenvalue weighted by Crippen LogP contribution is 2.20. The third-order valence-corrected chi connectivity index (χ3v) is 4.71. The summed E-state index contributed by atoms with van der Waals surface area (Å²) >= 11 is 6.96. The second kappa shape index (κ2) is 9.29. The third-order valence-electron chi connectivity index (χ3n) is 3.62. The second-order valence-electron chi connectivity index (χ2n) is 5.77. The molecule has 0 aliphatic carbocycles. The first-order valence-electron chi connectivity index (χ1n) is 8.32. The van der Waals surface area contributed by atoms with Crippen LogP contribution in [0.5, 0.6) is 0 Å². The van der Waals surface area contributed by atoms with E-state index in [-0.39, 0.29) is 17.4 Å². The van der Waals surface area contributed by atoms with Gasteiger partial charge in [0.2, 0.25) is 5.91 Å². The van der Waals surface area contributed by atoms with Gasteiger partial charge in [-0.1, -0.05) is 29.8 Å². The van der Waals surface area contributed by atoms with Crippen molar-refractivity contribution in [1.29, 1.82) is 0 Å². The van der Waals surface area contributed by atoms with Crippen LogP contribution in [0.2, 0.25) is 5.02 Å². The molecule has 0 aliphatic heterocycles. The number of rotatable bonds is 6. The molecule has 0 saturated carbocycles. The first-order chi connectivity index (χ1) is 13.5. The van der Waals surface area contributed by atoms with Gasteiger partial charge < -0.3 is 10.6 Å². The predicted octanol–water partition coefficient (Wildman–Crippen LogP) is 5.15. The Morgan fingerprint density at radius 2 is 1.82 bits per heavy atom. The number of urea groups is 1. The van der Waals surface area contributed by atoms with E-state index in [1.54, 1.807) is 17.5 Å². The lowest BCUT2D eigenvalue weighted by Gasteiger charge is -2.05. The third kappa shape index (κ3) is 5.77. The molecule has 0 bridgehead atoms. The van der Waals surface area contributed by atoms with Crippen molar-refractivity contribution < 1.29 is 14.0 Å². The van der Waals surface area contributed by atoms with Gasteiger partial charge in [-0.2, -0.15) is 0 Å². The zero-order valence-corrected chi connectivity index (χ0v) is 16.1. The largest absolute Gasteiger partial charge is 0.326 e. The van der Waals surface area contributed by atoms with E-state index in [9.17, 15) is 14.0 Å². The number of hydrogen-bond donors (Lipinski definition) is 3. The Morgan fingerprint density at radius 1 is 1.04 bits per heavy atom. The van der Waals surface area contributed by atoms with E-state index in [0.29, 0.717) is 28.6 Å². The van der Waals surface area contributed by atoms with Gasteiger partial charge in [0.15, 0.2) is 5.13 Å². The van der Waals surface area contributed by atoms with Gasteiger partial charge in [-0.15, -0.1) is 11.3 Å². The van der Waals surface area contributed by atoms with Gasteiger partial charge in [0.05, 0.1) is 10.7 Å². The maximum atomic E-state index is 13.1. The van der Waals surface area contributed by atoms with Crippen LogP contribution in [-0.4, -0.2) is 16.9 Å². The monoisotopic (exact) mass is 418 g/mol. The van der Waals surface area contributed by atoms with E-state index in [1.165, 1.54) is 29.5 Å². The molecule has 0 spiro atoms. The van der Waals surface area contributed by atoms with Crippen LogP contribution in [0, 0.1) is 5.82 Å². The summed E-state index contributed by atoms with van der Waals surface area (Å²) in [7, 11) is 0. The smallest absolute Gasteiger partial charge is 0.325 e. The van der Waals surface area contributed by atoms with Crippen molar-refractivity contribution in [2.45, 2.75) is 12.8 Å². The fourth-order valence-corrected chi connectivity index (χ4v) is 3.22. The molecule has 2 aromatic carbocycles. The number of nitrogens with zero attached hydrogens (tertiary/aromatic N) is 1. The van der Waals surface area contributed by atoms with Gasteiger partial charge >= 0.3 is 6.03 Å². The summed E-state index contributed by atoms with van der Waals surface area (Å²) < 4.78 is 13.1. The molecule has 1 aromatic heterocycles. The molecule has 0 unspecified atom stereocenters. The number of anilines is 3. The van der Waals surface area contributed by atoms with E-state index in [1.807, 2.05) is 18.2 Å². The van der Waals surface area contributed by atoms with Gasteiger partial charge in [-0.3, -0.25) is 10.1 Å². The highest BCUT2D eigenvalue weighted by atomic mass is 35.5. The molecule has 0 saturated heterocycles. The molecule has 3 rings (SSSR count). The lowest BCUT2D eigenvalue weighted by Crippen LogP contribution is -2.19. The minimum absolute atomic E-state index is 0.0539. The Morgan fingerprint density at radius 3 is 2.57 bits per heavy atom. The number of carbonyl (C=O) groups is 2. The van der Waals surface area contributed by atoms with Gasteiger partial charge in [0.25, 0.3) is 0 Å². The number of para-hydroxylation sites is 1. The Bertz CT molecular complexity index is 981. The van der Waals surface area contributed by atoms with Crippen LogP contribution in [-0.2, 0) is 11.2 Å². The first kappa shape index (κ1) is 19.8. The predicted molar refractivity (Wildman–Crippen MR) is 110 cm³/mol. The zero-order valence-electron chi connectivity index (χ0n) is 14.5. The van der Waals surface area contributed by atoms with Crippen LogP contribution in [0.3, 0.4) is 0 Å². The maximum Gasteiger partial charge on any atom is 0.325 e. The number of aromatic nitrogens is 1. The summed E-state index contributed by atoms with van der Waals surface area (Å²) in [5.41, 5.74) is 1.79. The Labute approximate surface area is 169 Å². The van der Waals surface area contributed by atoms with E-state index in [2.05, 4.69) is 20.9 Å². The number of amides is 3. The van der Waals surface area contributed by atoms with Crippen LogP contribution in [0.15, 0.2) is 53.9 Å². The SMILES string of the molecule is O=C(CCc1csc(NC(=O)Nc2ccccc2)n1)Nc1ccc(F)c(Cl)c1. The molecule has 6 nitrogen and oxygen atoms in total. The Kier molecular flexibility index (Phi) is 6.57. The average molecular weight is 419 g/mol. The Hall–Kier alpha value is -2.97. The van der Waals surface area contributed by atoms with Crippen LogP contribution in [0.4, 0.5) is 25.7 Å². The number of carbonyl (C=O) groups excluding carboxylic acids is 2. The summed E-state index contributed by atoms with van der Waals surface area (Å²) in [4.78, 5) is 28.3. The van der Waals surface area contributed by atoms with Crippen molar-refractivity contribution in [3.63, 3.8) is 0 Å². The first-order valence-corrected chi connectivity index (χ1v) is 9.58. The lowest BCUT2D eigenvalue weighted by molar-refractivity contribution is -0.116. The van der Waals surface area contributed by atoms with E-state index in [0.717, 1.165) is 0 Å². The summed E-state index contributed by atoms with van der Waals surface area (Å²) in [6, 6.07) is 12.6. The van der Waals surface area contributed by atoms with Crippen molar-refractivity contribution >= 4 is 51.4 Å². The molecule has 144 valence electrons. The van der Waals surface area contributed by atoms with Crippen molar-refractivity contribution in [2.75, 3.05) is 16.0 Å². The van der Waals surface area contributed by atoms with Crippen molar-refractivity contribution in [2.24, 2.45) is 0 Å². The zero-order chi connectivity index (χ0) is 19.9. The molecule has 3 amide bonds. The molecular formula is C19H16ClFN4O2S. The van der Waals surface area contributed by atoms with Gasteiger partial charge in [-0.05, 0) is 36.8 Å². The van der Waals surface area contributed by atoms with Gasteiger partial charge in [-0.25, -0.2) is 14.2 Å². The van der Waals surface area contributed by atoms with E-state index < -0.39 is 11.8 Å². The summed E-state index contributed by atoms with van der Waals surface area (Å²) in [6.45, 7) is 0. The fourth-order valence-electron chi connectivity index (χ4n) is 2.30. The van der Waals surface area contributed by atoms with Crippen molar-refractivity contribution in [3.05, 3.63) is 70.4 Å². The number of thiazole rings is 1. The van der Waals surface area contributed by atoms with Crippen molar-refractivity contribution in [1.82, 2.24) is 4.98 Å². The van der Waals surface area contributed by atoms with E-state index >= 15 is 0 Å². The molecule has 0 aliphatic rings.